The van der Waals surface area contributed by atoms with Crippen LogP contribution in [0, 0.1) is 17.2 Å². The van der Waals surface area contributed by atoms with E-state index >= 15 is 0 Å². The molecule has 1 unspecified atom stereocenters. The third-order valence-corrected chi connectivity index (χ3v) is 12.4. The molecule has 1 atom stereocenters. The standard InChI is InChI=1S/C43H51N7O4S/c1-48(2)29-32-15-13-31(14-16-32)28-45-41(44)34-19-17-30(18-20-34)25-38(43(52)49-23-7-8-24-49)46-42(51)40-27-36-11-5-6-12-39(36)50(40)55(53,54)47-37-22-21-33-9-3-4-10-35(33)26-37/h3-6,9-12,17-22,26-27,31-32,38,47H,7-8,13-16,23-25,28-29H2,1-2H3,(H2,44,45)(H,46,51)/t31-,32-,38?. The van der Waals surface area contributed by atoms with Crippen LogP contribution in [0.1, 0.15) is 60.1 Å². The number of hydrogen-bond donors (Lipinski definition) is 4. The van der Waals surface area contributed by atoms with Gasteiger partial charge in [-0.2, -0.15) is 8.42 Å². The quantitative estimate of drug-likeness (QED) is 0.0828. The number of carbonyl (C=O) groups excluding carboxylic acids is 2. The number of anilines is 1. The third kappa shape index (κ3) is 9.03. The number of likely N-dealkylation sites (tertiary alicyclic amines) is 1. The summed E-state index contributed by atoms with van der Waals surface area (Å²) in [5.41, 5.74) is 2.17. The zero-order chi connectivity index (χ0) is 38.5. The van der Waals surface area contributed by atoms with Gasteiger partial charge in [0.25, 0.3) is 5.91 Å². The Morgan fingerprint density at radius 1 is 0.818 bits per heavy atom. The zero-order valence-corrected chi connectivity index (χ0v) is 32.4. The molecule has 1 aliphatic heterocycles. The number of amidine groups is 1. The van der Waals surface area contributed by atoms with Crippen molar-refractivity contribution in [1.82, 2.24) is 24.4 Å². The van der Waals surface area contributed by atoms with E-state index < -0.39 is 22.2 Å². The maximum absolute atomic E-state index is 14.2. The largest absolute Gasteiger partial charge is 0.370 e. The fourth-order valence-corrected chi connectivity index (χ4v) is 9.45. The molecule has 288 valence electrons. The molecular weight excluding hydrogens is 711 g/mol. The normalized spacial score (nSPS) is 18.1. The molecule has 2 heterocycles. The smallest absolute Gasteiger partial charge is 0.328 e. The first-order chi connectivity index (χ1) is 26.5. The Kier molecular flexibility index (Phi) is 11.5. The molecule has 1 aromatic heterocycles. The molecule has 1 aliphatic carbocycles. The number of aromatic nitrogens is 1. The highest BCUT2D eigenvalue weighted by Gasteiger charge is 2.31. The van der Waals surface area contributed by atoms with E-state index in [0.717, 1.165) is 57.7 Å². The number of nitrogens with zero attached hydrogens (tertiary/aromatic N) is 3. The lowest BCUT2D eigenvalue weighted by molar-refractivity contribution is -0.132. The number of hydrogen-bond acceptors (Lipinski definition) is 6. The lowest BCUT2D eigenvalue weighted by Gasteiger charge is -2.30. The summed E-state index contributed by atoms with van der Waals surface area (Å²) >= 11 is 0. The van der Waals surface area contributed by atoms with E-state index in [2.05, 4.69) is 34.4 Å². The molecule has 2 fully saturated rings. The molecule has 11 nitrogen and oxygen atoms in total. The summed E-state index contributed by atoms with van der Waals surface area (Å²) < 4.78 is 31.9. The monoisotopic (exact) mass is 761 g/mol. The van der Waals surface area contributed by atoms with Gasteiger partial charge in [0.15, 0.2) is 0 Å². The Morgan fingerprint density at radius 2 is 1.47 bits per heavy atom. The van der Waals surface area contributed by atoms with E-state index in [4.69, 9.17) is 5.41 Å². The highest BCUT2D eigenvalue weighted by atomic mass is 32.2. The summed E-state index contributed by atoms with van der Waals surface area (Å²) in [6.45, 7) is 3.12. The number of para-hydroxylation sites is 1. The second-order valence-electron chi connectivity index (χ2n) is 15.4. The maximum Gasteiger partial charge on any atom is 0.328 e. The Labute approximate surface area is 323 Å². The minimum absolute atomic E-state index is 0.102. The van der Waals surface area contributed by atoms with E-state index in [1.54, 1.807) is 47.4 Å². The van der Waals surface area contributed by atoms with E-state index in [-0.39, 0.29) is 18.0 Å². The summed E-state index contributed by atoms with van der Waals surface area (Å²) in [5.74, 6) is 0.800. The number of fused-ring (bicyclic) bond motifs is 2. The van der Waals surface area contributed by atoms with Crippen molar-refractivity contribution in [3.8, 4) is 0 Å². The van der Waals surface area contributed by atoms with Crippen LogP contribution in [-0.2, 0) is 21.4 Å². The fourth-order valence-electron chi connectivity index (χ4n) is 8.11. The summed E-state index contributed by atoms with van der Waals surface area (Å²) in [6.07, 6.45) is 6.77. The maximum atomic E-state index is 14.2. The topological polar surface area (TPSA) is 140 Å². The Balaban J connectivity index is 1.07. The number of nitrogens with one attached hydrogen (secondary N) is 4. The van der Waals surface area contributed by atoms with Gasteiger partial charge < -0.3 is 20.4 Å². The Bertz CT molecular complexity index is 2270. The number of benzene rings is 4. The molecule has 0 bridgehead atoms. The second-order valence-corrected chi connectivity index (χ2v) is 16.9. The average Bonchev–Trinajstić information content (AvgIpc) is 3.87. The van der Waals surface area contributed by atoms with Gasteiger partial charge in [-0.15, -0.1) is 0 Å². The molecule has 7 rings (SSSR count). The van der Waals surface area contributed by atoms with Crippen molar-refractivity contribution in [2.24, 2.45) is 11.8 Å². The highest BCUT2D eigenvalue weighted by molar-refractivity contribution is 7.91. The molecule has 4 N–H and O–H groups in total. The van der Waals surface area contributed by atoms with Crippen LogP contribution in [0.5, 0.6) is 0 Å². The lowest BCUT2D eigenvalue weighted by Crippen LogP contribution is -2.49. The molecule has 5 aromatic rings. The highest BCUT2D eigenvalue weighted by Crippen LogP contribution is 2.29. The fraction of sp³-hybridized carbons (Fsp3) is 0.372. The zero-order valence-electron chi connectivity index (χ0n) is 31.6. The second kappa shape index (κ2) is 16.7. The van der Waals surface area contributed by atoms with Gasteiger partial charge in [-0.1, -0.05) is 72.8 Å². The first-order valence-corrected chi connectivity index (χ1v) is 20.8. The molecule has 2 aliphatic rings. The van der Waals surface area contributed by atoms with Gasteiger partial charge in [0.1, 0.15) is 17.6 Å². The van der Waals surface area contributed by atoms with E-state index in [1.165, 1.54) is 25.7 Å². The number of rotatable bonds is 13. The van der Waals surface area contributed by atoms with Crippen molar-refractivity contribution in [3.63, 3.8) is 0 Å². The van der Waals surface area contributed by atoms with Crippen molar-refractivity contribution >= 4 is 55.2 Å². The van der Waals surface area contributed by atoms with Gasteiger partial charge >= 0.3 is 10.2 Å². The van der Waals surface area contributed by atoms with E-state index in [1.807, 2.05) is 54.6 Å². The predicted molar refractivity (Wildman–Crippen MR) is 220 cm³/mol. The van der Waals surface area contributed by atoms with Crippen LogP contribution in [0.4, 0.5) is 5.69 Å². The van der Waals surface area contributed by atoms with Crippen molar-refractivity contribution in [2.45, 2.75) is 51.0 Å². The van der Waals surface area contributed by atoms with Crippen LogP contribution in [0.2, 0.25) is 0 Å². The first kappa shape index (κ1) is 38.1. The van der Waals surface area contributed by atoms with Gasteiger partial charge in [-0.25, -0.2) is 3.97 Å². The molecule has 4 aromatic carbocycles. The van der Waals surface area contributed by atoms with Crippen molar-refractivity contribution in [1.29, 1.82) is 5.41 Å². The van der Waals surface area contributed by atoms with Crippen LogP contribution in [0.3, 0.4) is 0 Å². The summed E-state index contributed by atoms with van der Waals surface area (Å²) in [6, 6.07) is 28.0. The van der Waals surface area contributed by atoms with Gasteiger partial charge in [0, 0.05) is 43.5 Å². The van der Waals surface area contributed by atoms with Gasteiger partial charge in [-0.05, 0) is 105 Å². The van der Waals surface area contributed by atoms with E-state index in [9.17, 15) is 18.0 Å². The van der Waals surface area contributed by atoms with Crippen LogP contribution in [0.25, 0.3) is 21.7 Å². The van der Waals surface area contributed by atoms with Crippen molar-refractivity contribution in [2.75, 3.05) is 45.0 Å². The van der Waals surface area contributed by atoms with Gasteiger partial charge in [-0.3, -0.25) is 19.7 Å². The molecule has 2 amide bonds. The SMILES string of the molecule is CN(C)C[C@H]1CC[C@H](CNC(=N)c2ccc(CC(NC(=O)c3cc4ccccc4n3S(=O)(=O)Nc3ccc4ccccc4c3)C(=O)N3CCCC3)cc2)CC1. The molecule has 0 radical (unpaired) electrons. The predicted octanol–water partition coefficient (Wildman–Crippen LogP) is 6.25. The minimum Gasteiger partial charge on any atom is -0.370 e. The summed E-state index contributed by atoms with van der Waals surface area (Å²) in [4.78, 5) is 32.2. The average molecular weight is 762 g/mol. The molecule has 55 heavy (non-hydrogen) atoms. The molecule has 0 spiro atoms. The van der Waals surface area contributed by atoms with Crippen LogP contribution in [-0.4, -0.2) is 86.2 Å². The van der Waals surface area contributed by atoms with Crippen LogP contribution >= 0.6 is 0 Å². The summed E-state index contributed by atoms with van der Waals surface area (Å²) in [5, 5.41) is 17.4. The minimum atomic E-state index is -4.32. The van der Waals surface area contributed by atoms with Crippen LogP contribution in [0.15, 0.2) is 97.1 Å². The number of amides is 2. The Morgan fingerprint density at radius 3 is 2.18 bits per heavy atom. The van der Waals surface area contributed by atoms with Gasteiger partial charge in [0.2, 0.25) is 5.91 Å². The molecule has 1 saturated carbocycles. The number of carbonyl (C=O) groups is 2. The molecule has 1 saturated heterocycles. The molecule has 12 heteroatoms. The molecular formula is C43H51N7O4S. The van der Waals surface area contributed by atoms with Crippen molar-refractivity contribution in [3.05, 3.63) is 114 Å². The third-order valence-electron chi connectivity index (χ3n) is 11.0. The van der Waals surface area contributed by atoms with Crippen molar-refractivity contribution < 1.29 is 18.0 Å². The first-order valence-electron chi connectivity index (χ1n) is 19.3. The van der Waals surface area contributed by atoms with Gasteiger partial charge in [0.05, 0.1) is 11.2 Å². The lowest BCUT2D eigenvalue weighted by atomic mass is 9.82. The Hall–Kier alpha value is -5.20. The van der Waals surface area contributed by atoms with E-state index in [0.29, 0.717) is 41.4 Å². The van der Waals surface area contributed by atoms with Crippen LogP contribution < -0.4 is 15.4 Å². The summed E-state index contributed by atoms with van der Waals surface area (Å²) in [7, 11) is -0.0622.